The van der Waals surface area contributed by atoms with Gasteiger partial charge in [0.15, 0.2) is 0 Å². The van der Waals surface area contributed by atoms with E-state index in [2.05, 4.69) is 52.1 Å². The number of hydrogen-bond donors (Lipinski definition) is 1. The van der Waals surface area contributed by atoms with Crippen molar-refractivity contribution in [2.24, 2.45) is 11.8 Å². The molecular formula is C30H41N4O2+. The number of piperidine rings is 2. The lowest BCUT2D eigenvalue weighted by atomic mass is 9.85. The lowest BCUT2D eigenvalue weighted by Gasteiger charge is -2.31. The number of carbonyl (C=O) groups is 1. The fraction of sp³-hybridized carbons (Fsp3) is 0.567. The first-order chi connectivity index (χ1) is 17.7. The van der Waals surface area contributed by atoms with Gasteiger partial charge in [-0.05, 0) is 92.5 Å². The van der Waals surface area contributed by atoms with E-state index in [1.807, 2.05) is 12.4 Å². The standard InChI is InChI=1S/C30H40N4O2/c1-2-23-20-31-30(32-21-23)34-18-14-24(15-19-34)22-36-28-12-10-26(11-13-28)25-6-8-27(9-7-25)29(35)33-16-4-3-5-17-33/h6,10-13,20-21,24,27H,2-5,7-9,14-19,22H2,1H3/p+1. The summed E-state index contributed by atoms with van der Waals surface area (Å²) in [6.07, 6.45) is 15.9. The minimum absolute atomic E-state index is 0.207. The Hall–Kier alpha value is -2.73. The number of anilines is 1. The van der Waals surface area contributed by atoms with Crippen LogP contribution >= 0.6 is 0 Å². The molecule has 5 rings (SSSR count). The average Bonchev–Trinajstić information content (AvgIpc) is 2.97. The monoisotopic (exact) mass is 489 g/mol. The van der Waals surface area contributed by atoms with E-state index < -0.39 is 0 Å². The quantitative estimate of drug-likeness (QED) is 0.634. The maximum atomic E-state index is 12.9. The number of amides is 1. The molecule has 0 spiro atoms. The first-order valence-corrected chi connectivity index (χ1v) is 14.1. The lowest BCUT2D eigenvalue weighted by molar-refractivity contribution is -0.828. The summed E-state index contributed by atoms with van der Waals surface area (Å²) in [5, 5.41) is 0. The summed E-state index contributed by atoms with van der Waals surface area (Å²) >= 11 is 0. The molecule has 3 heterocycles. The molecule has 2 saturated heterocycles. The molecule has 2 fully saturated rings. The Morgan fingerprint density at radius 3 is 2.39 bits per heavy atom. The van der Waals surface area contributed by atoms with Gasteiger partial charge in [0.05, 0.1) is 25.6 Å². The first-order valence-electron chi connectivity index (χ1n) is 14.1. The molecule has 6 heteroatoms. The molecular weight excluding hydrogens is 448 g/mol. The zero-order valence-electron chi connectivity index (χ0n) is 21.8. The van der Waals surface area contributed by atoms with Crippen molar-refractivity contribution < 1.29 is 14.4 Å². The summed E-state index contributed by atoms with van der Waals surface area (Å²) in [6, 6.07) is 8.56. The zero-order chi connectivity index (χ0) is 24.7. The summed E-state index contributed by atoms with van der Waals surface area (Å²) in [4.78, 5) is 25.4. The number of rotatable bonds is 7. The van der Waals surface area contributed by atoms with E-state index in [1.165, 1.54) is 40.9 Å². The van der Waals surface area contributed by atoms with Gasteiger partial charge in [-0.1, -0.05) is 25.1 Å². The van der Waals surface area contributed by atoms with E-state index in [1.54, 1.807) is 0 Å². The normalized spacial score (nSPS) is 21.8. The highest BCUT2D eigenvalue weighted by Crippen LogP contribution is 2.31. The van der Waals surface area contributed by atoms with Gasteiger partial charge in [0.1, 0.15) is 5.75 Å². The second kappa shape index (κ2) is 12.0. The predicted octanol–water partition coefficient (Wildman–Crippen LogP) is 4.11. The second-order valence-electron chi connectivity index (χ2n) is 10.7. The molecule has 1 unspecified atom stereocenters. The molecule has 1 N–H and O–H groups in total. The highest BCUT2D eigenvalue weighted by molar-refractivity contribution is 5.74. The van der Waals surface area contributed by atoms with Gasteiger partial charge in [0.2, 0.25) is 5.95 Å². The fourth-order valence-electron chi connectivity index (χ4n) is 5.82. The third-order valence-electron chi connectivity index (χ3n) is 8.30. The number of allylic oxidation sites excluding steroid dienone is 2. The Balaban J connectivity index is 1.06. The summed E-state index contributed by atoms with van der Waals surface area (Å²) in [5.41, 5.74) is 3.82. The maximum Gasteiger partial charge on any atom is 0.315 e. The molecule has 1 aromatic carbocycles. The molecule has 1 amide bonds. The van der Waals surface area contributed by atoms with Gasteiger partial charge in [-0.15, -0.1) is 0 Å². The van der Waals surface area contributed by atoms with Crippen molar-refractivity contribution in [2.45, 2.75) is 64.7 Å². The van der Waals surface area contributed by atoms with Crippen molar-refractivity contribution in [1.82, 2.24) is 9.97 Å². The van der Waals surface area contributed by atoms with Crippen LogP contribution < -0.4 is 14.5 Å². The largest absolute Gasteiger partial charge is 0.493 e. The number of aromatic nitrogens is 2. The van der Waals surface area contributed by atoms with Gasteiger partial charge < -0.3 is 9.64 Å². The Kier molecular flexibility index (Phi) is 8.32. The topological polar surface area (TPSA) is 59.8 Å². The Labute approximate surface area is 215 Å². The van der Waals surface area contributed by atoms with Crippen LogP contribution in [-0.2, 0) is 11.2 Å². The SMILES string of the molecule is CCc1cnc(N2CCC(COc3ccc(C4=CCC(C(=O)[NH+]5CCCCC5)CC4)cc3)CC2)nc1. The van der Waals surface area contributed by atoms with Crippen molar-refractivity contribution in [3.05, 3.63) is 53.9 Å². The molecule has 1 aliphatic carbocycles. The zero-order valence-corrected chi connectivity index (χ0v) is 21.8. The summed E-state index contributed by atoms with van der Waals surface area (Å²) < 4.78 is 6.16. The molecule has 2 aromatic rings. The van der Waals surface area contributed by atoms with E-state index in [9.17, 15) is 4.79 Å². The van der Waals surface area contributed by atoms with Crippen LogP contribution in [0.25, 0.3) is 5.57 Å². The number of nitrogens with zero attached hydrogens (tertiary/aromatic N) is 3. The van der Waals surface area contributed by atoms with E-state index in [0.29, 0.717) is 11.8 Å². The van der Waals surface area contributed by atoms with Crippen molar-refractivity contribution in [2.75, 3.05) is 37.7 Å². The number of aryl methyl sites for hydroxylation is 1. The molecule has 0 saturated carbocycles. The summed E-state index contributed by atoms with van der Waals surface area (Å²) in [7, 11) is 0. The molecule has 1 aromatic heterocycles. The van der Waals surface area contributed by atoms with Crippen LogP contribution in [0.15, 0.2) is 42.7 Å². The maximum absolute atomic E-state index is 12.9. The summed E-state index contributed by atoms with van der Waals surface area (Å²) in [5.74, 6) is 3.02. The minimum Gasteiger partial charge on any atom is -0.493 e. The van der Waals surface area contributed by atoms with Gasteiger partial charge in [0, 0.05) is 25.5 Å². The van der Waals surface area contributed by atoms with Gasteiger partial charge >= 0.3 is 5.91 Å². The summed E-state index contributed by atoms with van der Waals surface area (Å²) in [6.45, 7) is 6.92. The number of quaternary nitrogens is 1. The molecule has 1 atom stereocenters. The van der Waals surface area contributed by atoms with E-state index in [-0.39, 0.29) is 5.92 Å². The number of likely N-dealkylation sites (tertiary alicyclic amines) is 1. The van der Waals surface area contributed by atoms with Gasteiger partial charge in [0.25, 0.3) is 0 Å². The van der Waals surface area contributed by atoms with Crippen LogP contribution in [0.2, 0.25) is 0 Å². The van der Waals surface area contributed by atoms with Crippen LogP contribution in [0.3, 0.4) is 0 Å². The first kappa shape index (κ1) is 24.9. The van der Waals surface area contributed by atoms with Crippen molar-refractivity contribution in [3.8, 4) is 5.75 Å². The Morgan fingerprint density at radius 2 is 1.75 bits per heavy atom. The smallest absolute Gasteiger partial charge is 0.315 e. The average molecular weight is 490 g/mol. The number of carbonyl (C=O) groups excluding carboxylic acids is 1. The van der Waals surface area contributed by atoms with Crippen molar-refractivity contribution in [3.63, 3.8) is 0 Å². The molecule has 0 bridgehead atoms. The van der Waals surface area contributed by atoms with Crippen LogP contribution in [0.5, 0.6) is 5.75 Å². The highest BCUT2D eigenvalue weighted by atomic mass is 16.5. The number of benzene rings is 1. The molecule has 2 aliphatic heterocycles. The third-order valence-corrected chi connectivity index (χ3v) is 8.30. The molecule has 36 heavy (non-hydrogen) atoms. The molecule has 3 aliphatic rings. The van der Waals surface area contributed by atoms with Crippen LogP contribution in [-0.4, -0.2) is 48.7 Å². The van der Waals surface area contributed by atoms with Gasteiger partial charge in [-0.3, -0.25) is 4.90 Å². The third kappa shape index (κ3) is 6.15. The second-order valence-corrected chi connectivity index (χ2v) is 10.7. The van der Waals surface area contributed by atoms with Crippen molar-refractivity contribution in [1.29, 1.82) is 0 Å². The molecule has 0 radical (unpaired) electrons. The van der Waals surface area contributed by atoms with Crippen LogP contribution in [0, 0.1) is 11.8 Å². The minimum atomic E-state index is 0.207. The number of hydrogen-bond acceptors (Lipinski definition) is 5. The van der Waals surface area contributed by atoms with Crippen LogP contribution in [0.4, 0.5) is 5.95 Å². The molecule has 6 nitrogen and oxygen atoms in total. The van der Waals surface area contributed by atoms with Gasteiger partial charge in [-0.2, -0.15) is 0 Å². The number of ether oxygens (including phenoxy) is 1. The highest BCUT2D eigenvalue weighted by Gasteiger charge is 2.31. The Bertz CT molecular complexity index is 1020. The van der Waals surface area contributed by atoms with E-state index in [4.69, 9.17) is 4.74 Å². The lowest BCUT2D eigenvalue weighted by Crippen LogP contribution is -3.16. The van der Waals surface area contributed by atoms with E-state index in [0.717, 1.165) is 83.0 Å². The fourth-order valence-corrected chi connectivity index (χ4v) is 5.82. The Morgan fingerprint density at radius 1 is 1.03 bits per heavy atom. The van der Waals surface area contributed by atoms with Gasteiger partial charge in [-0.25, -0.2) is 14.8 Å². The van der Waals surface area contributed by atoms with E-state index >= 15 is 0 Å². The van der Waals surface area contributed by atoms with Crippen LogP contribution in [0.1, 0.15) is 69.4 Å². The molecule has 192 valence electrons. The number of nitrogens with one attached hydrogen (secondary N) is 1. The predicted molar refractivity (Wildman–Crippen MR) is 143 cm³/mol. The van der Waals surface area contributed by atoms with Crippen molar-refractivity contribution >= 4 is 17.4 Å².